The first kappa shape index (κ1) is 17.6. The van der Waals surface area contributed by atoms with E-state index in [-0.39, 0.29) is 11.7 Å². The largest absolute Gasteiger partial charge is 0.326 e. The van der Waals surface area contributed by atoms with Crippen molar-refractivity contribution in [3.05, 3.63) is 29.8 Å². The van der Waals surface area contributed by atoms with Gasteiger partial charge in [-0.2, -0.15) is 0 Å². The molecule has 0 saturated heterocycles. The summed E-state index contributed by atoms with van der Waals surface area (Å²) in [5.74, 6) is -0.149. The lowest BCUT2D eigenvalue weighted by molar-refractivity contribution is -0.120. The summed E-state index contributed by atoms with van der Waals surface area (Å²) in [6.45, 7) is 2.47. The molecule has 0 bridgehead atoms. The maximum Gasteiger partial charge on any atom is 0.241 e. The van der Waals surface area contributed by atoms with Crippen LogP contribution in [0, 0.1) is 0 Å². The molecule has 21 heavy (non-hydrogen) atoms. The van der Waals surface area contributed by atoms with Gasteiger partial charge in [0, 0.05) is 25.0 Å². The molecule has 0 aliphatic rings. The van der Waals surface area contributed by atoms with Crippen molar-refractivity contribution in [2.45, 2.75) is 19.5 Å². The van der Waals surface area contributed by atoms with Crippen LogP contribution in [0.5, 0.6) is 0 Å². The van der Waals surface area contributed by atoms with Crippen molar-refractivity contribution in [1.82, 2.24) is 4.90 Å². The zero-order valence-electron chi connectivity index (χ0n) is 12.7. The van der Waals surface area contributed by atoms with Gasteiger partial charge in [0.1, 0.15) is 9.84 Å². The van der Waals surface area contributed by atoms with Crippen LogP contribution in [-0.4, -0.2) is 50.9 Å². The highest BCUT2D eigenvalue weighted by atomic mass is 32.2. The highest BCUT2D eigenvalue weighted by Gasteiger charge is 2.19. The molecule has 1 rings (SSSR count). The van der Waals surface area contributed by atoms with Crippen molar-refractivity contribution in [1.29, 1.82) is 0 Å². The van der Waals surface area contributed by atoms with E-state index in [0.29, 0.717) is 18.8 Å². The van der Waals surface area contributed by atoms with E-state index in [1.807, 2.05) is 18.2 Å². The van der Waals surface area contributed by atoms with Gasteiger partial charge in [-0.25, -0.2) is 8.42 Å². The number of nitrogens with zero attached hydrogens (tertiary/aromatic N) is 1. The molecule has 0 radical (unpaired) electrons. The Balaban J connectivity index is 2.61. The fourth-order valence-corrected chi connectivity index (χ4v) is 2.35. The normalized spacial score (nSPS) is 13.2. The quantitative estimate of drug-likeness (QED) is 0.762. The van der Waals surface area contributed by atoms with Crippen molar-refractivity contribution < 1.29 is 13.2 Å². The predicted octanol–water partition coefficient (Wildman–Crippen LogP) is 0.449. The molecular weight excluding hydrogens is 290 g/mol. The summed E-state index contributed by atoms with van der Waals surface area (Å²) >= 11 is 0. The number of carbonyl (C=O) groups excluding carboxylic acids is 1. The van der Waals surface area contributed by atoms with E-state index in [1.165, 1.54) is 6.26 Å². The molecule has 0 fully saturated rings. The molecule has 1 aromatic carbocycles. The highest BCUT2D eigenvalue weighted by molar-refractivity contribution is 7.90. The van der Waals surface area contributed by atoms with Gasteiger partial charge in [0.05, 0.1) is 11.8 Å². The van der Waals surface area contributed by atoms with Gasteiger partial charge in [-0.1, -0.05) is 12.1 Å². The molecule has 1 unspecified atom stereocenters. The number of carbonyl (C=O) groups is 1. The molecule has 0 aliphatic heterocycles. The first-order chi connectivity index (χ1) is 9.73. The third-order valence-corrected chi connectivity index (χ3v) is 4.21. The Morgan fingerprint density at radius 1 is 1.43 bits per heavy atom. The number of sulfone groups is 1. The van der Waals surface area contributed by atoms with E-state index < -0.39 is 15.9 Å². The lowest BCUT2D eigenvalue weighted by atomic mass is 10.2. The van der Waals surface area contributed by atoms with Crippen molar-refractivity contribution in [2.75, 3.05) is 30.9 Å². The minimum Gasteiger partial charge on any atom is -0.326 e. The van der Waals surface area contributed by atoms with E-state index in [1.54, 1.807) is 24.9 Å². The average molecular weight is 313 g/mol. The lowest BCUT2D eigenvalue weighted by Crippen LogP contribution is -2.41. The van der Waals surface area contributed by atoms with E-state index in [9.17, 15) is 13.2 Å². The van der Waals surface area contributed by atoms with Gasteiger partial charge in [0.15, 0.2) is 0 Å². The molecule has 0 aromatic heterocycles. The van der Waals surface area contributed by atoms with Crippen molar-refractivity contribution >= 4 is 21.4 Å². The predicted molar refractivity (Wildman–Crippen MR) is 84.8 cm³/mol. The van der Waals surface area contributed by atoms with E-state index >= 15 is 0 Å². The van der Waals surface area contributed by atoms with Gasteiger partial charge in [-0.05, 0) is 31.7 Å². The molecular formula is C14H23N3O3S. The van der Waals surface area contributed by atoms with E-state index in [0.717, 1.165) is 5.56 Å². The van der Waals surface area contributed by atoms with E-state index in [4.69, 9.17) is 5.73 Å². The van der Waals surface area contributed by atoms with Crippen LogP contribution < -0.4 is 11.1 Å². The second-order valence-electron chi connectivity index (χ2n) is 5.18. The van der Waals surface area contributed by atoms with Gasteiger partial charge in [0.2, 0.25) is 5.91 Å². The average Bonchev–Trinajstić information content (AvgIpc) is 2.43. The zero-order valence-corrected chi connectivity index (χ0v) is 13.5. The summed E-state index contributed by atoms with van der Waals surface area (Å²) in [5.41, 5.74) is 7.18. The fraction of sp³-hybridized carbons (Fsp3) is 0.500. The molecule has 118 valence electrons. The first-order valence-electron chi connectivity index (χ1n) is 6.71. The van der Waals surface area contributed by atoms with Gasteiger partial charge in [0.25, 0.3) is 0 Å². The smallest absolute Gasteiger partial charge is 0.241 e. The number of amides is 1. The minimum atomic E-state index is -3.03. The zero-order chi connectivity index (χ0) is 16.0. The molecule has 1 aromatic rings. The second kappa shape index (κ2) is 7.53. The van der Waals surface area contributed by atoms with Gasteiger partial charge >= 0.3 is 0 Å². The molecule has 0 saturated carbocycles. The lowest BCUT2D eigenvalue weighted by Gasteiger charge is -2.23. The monoisotopic (exact) mass is 313 g/mol. The second-order valence-corrected chi connectivity index (χ2v) is 7.44. The number of nitrogens with two attached hydrogens (primary N) is 1. The summed E-state index contributed by atoms with van der Waals surface area (Å²) < 4.78 is 22.3. The van der Waals surface area contributed by atoms with Crippen LogP contribution in [-0.2, 0) is 21.2 Å². The van der Waals surface area contributed by atoms with Crippen LogP contribution in [0.4, 0.5) is 5.69 Å². The van der Waals surface area contributed by atoms with Crippen LogP contribution in [0.25, 0.3) is 0 Å². The molecule has 0 aliphatic carbocycles. The van der Waals surface area contributed by atoms with Gasteiger partial charge in [-0.3, -0.25) is 9.69 Å². The number of hydrogen-bond acceptors (Lipinski definition) is 5. The number of likely N-dealkylation sites (N-methyl/N-ethyl adjacent to an activating group) is 1. The molecule has 1 amide bonds. The topological polar surface area (TPSA) is 92.5 Å². The Bertz CT molecular complexity index is 587. The summed E-state index contributed by atoms with van der Waals surface area (Å²) in [6.07, 6.45) is 1.18. The maximum atomic E-state index is 12.1. The van der Waals surface area contributed by atoms with Crippen molar-refractivity contribution in [3.8, 4) is 0 Å². The standard InChI is InChI=1S/C14H23N3O3S/c1-11(17(2)7-8-21(3,19)20)14(18)16-13-6-4-5-12(9-13)10-15/h4-6,9,11H,7-8,10,15H2,1-3H3,(H,16,18). The van der Waals surface area contributed by atoms with Crippen LogP contribution >= 0.6 is 0 Å². The molecule has 1 atom stereocenters. The summed E-state index contributed by atoms with van der Waals surface area (Å²) in [7, 11) is -1.31. The third kappa shape index (κ3) is 6.24. The Hall–Kier alpha value is -1.44. The van der Waals surface area contributed by atoms with E-state index in [2.05, 4.69) is 5.32 Å². The molecule has 6 nitrogen and oxygen atoms in total. The Morgan fingerprint density at radius 3 is 2.67 bits per heavy atom. The number of rotatable bonds is 7. The van der Waals surface area contributed by atoms with Crippen LogP contribution in [0.2, 0.25) is 0 Å². The van der Waals surface area contributed by atoms with Gasteiger partial charge < -0.3 is 11.1 Å². The number of hydrogen-bond donors (Lipinski definition) is 2. The minimum absolute atomic E-state index is 0.0315. The summed E-state index contributed by atoms with van der Waals surface area (Å²) in [4.78, 5) is 13.9. The summed E-state index contributed by atoms with van der Waals surface area (Å²) in [6, 6.07) is 6.91. The Kier molecular flexibility index (Phi) is 6.32. The Morgan fingerprint density at radius 2 is 2.10 bits per heavy atom. The van der Waals surface area contributed by atoms with Crippen LogP contribution in [0.15, 0.2) is 24.3 Å². The fourth-order valence-electron chi connectivity index (χ4n) is 1.73. The van der Waals surface area contributed by atoms with Gasteiger partial charge in [-0.15, -0.1) is 0 Å². The van der Waals surface area contributed by atoms with Crippen molar-refractivity contribution in [3.63, 3.8) is 0 Å². The van der Waals surface area contributed by atoms with Crippen molar-refractivity contribution in [2.24, 2.45) is 5.73 Å². The molecule has 0 spiro atoms. The molecule has 3 N–H and O–H groups in total. The Labute approximate surface area is 126 Å². The molecule has 0 heterocycles. The SMILES string of the molecule is CC(C(=O)Nc1cccc(CN)c1)N(C)CCS(C)(=O)=O. The molecule has 7 heteroatoms. The third-order valence-electron chi connectivity index (χ3n) is 3.29. The maximum absolute atomic E-state index is 12.1. The first-order valence-corrected chi connectivity index (χ1v) is 8.77. The highest BCUT2D eigenvalue weighted by Crippen LogP contribution is 2.11. The number of nitrogens with one attached hydrogen (secondary N) is 1. The van der Waals surface area contributed by atoms with Crippen LogP contribution in [0.1, 0.15) is 12.5 Å². The number of benzene rings is 1. The number of anilines is 1. The van der Waals surface area contributed by atoms with Crippen LogP contribution in [0.3, 0.4) is 0 Å². The summed E-state index contributed by atoms with van der Waals surface area (Å²) in [5, 5.41) is 2.81.